The molecule has 0 aromatic rings. The molecule has 1 aliphatic rings. The van der Waals surface area contributed by atoms with E-state index in [1.165, 1.54) is 0 Å². The van der Waals surface area contributed by atoms with E-state index in [9.17, 15) is 10.2 Å². The fraction of sp³-hybridized carbons (Fsp3) is 1.00. The minimum atomic E-state index is -0.802. The van der Waals surface area contributed by atoms with Crippen molar-refractivity contribution in [3.8, 4) is 0 Å². The highest BCUT2D eigenvalue weighted by Gasteiger charge is 2.34. The molecule has 1 rings (SSSR count). The Hall–Kier alpha value is -0.160. The van der Waals surface area contributed by atoms with Crippen molar-refractivity contribution in [2.45, 2.75) is 31.6 Å². The molecule has 72 valence electrons. The minimum Gasteiger partial charge on any atom is -0.395 e. The lowest BCUT2D eigenvalue weighted by atomic mass is 9.97. The van der Waals surface area contributed by atoms with Gasteiger partial charge in [-0.05, 0) is 13.0 Å². The summed E-state index contributed by atoms with van der Waals surface area (Å²) >= 11 is 0. The van der Waals surface area contributed by atoms with E-state index >= 15 is 0 Å². The summed E-state index contributed by atoms with van der Waals surface area (Å²) in [5, 5.41) is 27.8. The maximum absolute atomic E-state index is 9.49. The normalized spacial score (nSPS) is 38.5. The highest BCUT2D eigenvalue weighted by molar-refractivity contribution is 4.88. The number of hydrogen-bond acceptors (Lipinski definition) is 4. The molecular weight excluding hydrogens is 158 g/mol. The van der Waals surface area contributed by atoms with E-state index in [0.717, 1.165) is 13.1 Å². The molecule has 12 heavy (non-hydrogen) atoms. The molecule has 1 saturated heterocycles. The van der Waals surface area contributed by atoms with Crippen LogP contribution in [-0.4, -0.2) is 58.2 Å². The quantitative estimate of drug-likeness (QED) is 0.493. The Kier molecular flexibility index (Phi) is 3.46. The van der Waals surface area contributed by atoms with Crippen molar-refractivity contribution in [3.05, 3.63) is 0 Å². The minimum absolute atomic E-state index is 0.0912. The van der Waals surface area contributed by atoms with Gasteiger partial charge in [0.05, 0.1) is 24.9 Å². The van der Waals surface area contributed by atoms with Crippen molar-refractivity contribution in [3.63, 3.8) is 0 Å². The van der Waals surface area contributed by atoms with Gasteiger partial charge in [0.2, 0.25) is 0 Å². The van der Waals surface area contributed by atoms with Crippen molar-refractivity contribution in [2.24, 2.45) is 0 Å². The second kappa shape index (κ2) is 4.18. The van der Waals surface area contributed by atoms with E-state index in [1.54, 1.807) is 0 Å². The Morgan fingerprint density at radius 2 is 2.08 bits per heavy atom. The van der Waals surface area contributed by atoms with Gasteiger partial charge in [-0.2, -0.15) is 0 Å². The Balaban J connectivity index is 2.58. The Bertz CT molecular complexity index is 140. The second-order valence-electron chi connectivity index (χ2n) is 3.23. The van der Waals surface area contributed by atoms with Crippen LogP contribution in [0.4, 0.5) is 0 Å². The standard InChI is InChI=1S/C8H17NO3/c1-2-9-4-3-7(11)8(12)6(9)5-10/h6-8,10-12H,2-5H2,1H3/t6-,7-,8-/m1/s1. The molecule has 0 spiro atoms. The van der Waals surface area contributed by atoms with Crippen LogP contribution in [0.15, 0.2) is 0 Å². The topological polar surface area (TPSA) is 63.9 Å². The maximum Gasteiger partial charge on any atom is 0.0976 e. The van der Waals surface area contributed by atoms with Gasteiger partial charge < -0.3 is 15.3 Å². The van der Waals surface area contributed by atoms with Gasteiger partial charge >= 0.3 is 0 Å². The summed E-state index contributed by atoms with van der Waals surface area (Å²) in [4.78, 5) is 1.98. The Morgan fingerprint density at radius 1 is 1.42 bits per heavy atom. The first-order valence-electron chi connectivity index (χ1n) is 4.41. The molecule has 3 atom stereocenters. The van der Waals surface area contributed by atoms with Crippen LogP contribution in [-0.2, 0) is 0 Å². The lowest BCUT2D eigenvalue weighted by molar-refractivity contribution is -0.0879. The Morgan fingerprint density at radius 3 is 2.58 bits per heavy atom. The molecule has 0 saturated carbocycles. The van der Waals surface area contributed by atoms with Crippen molar-refractivity contribution in [2.75, 3.05) is 19.7 Å². The third-order valence-electron chi connectivity index (χ3n) is 2.56. The van der Waals surface area contributed by atoms with Gasteiger partial charge in [-0.15, -0.1) is 0 Å². The summed E-state index contributed by atoms with van der Waals surface area (Å²) in [6.45, 7) is 3.44. The van der Waals surface area contributed by atoms with Gasteiger partial charge in [-0.1, -0.05) is 6.92 Å². The first kappa shape index (κ1) is 9.92. The average molecular weight is 175 g/mol. The van der Waals surface area contributed by atoms with Crippen LogP contribution in [0.3, 0.4) is 0 Å². The van der Waals surface area contributed by atoms with Crippen molar-refractivity contribution in [1.29, 1.82) is 0 Å². The lowest BCUT2D eigenvalue weighted by Crippen LogP contribution is -2.56. The number of piperidine rings is 1. The fourth-order valence-electron chi connectivity index (χ4n) is 1.72. The maximum atomic E-state index is 9.49. The van der Waals surface area contributed by atoms with E-state index in [1.807, 2.05) is 11.8 Å². The number of nitrogens with zero attached hydrogens (tertiary/aromatic N) is 1. The molecule has 4 heteroatoms. The molecule has 0 amide bonds. The van der Waals surface area contributed by atoms with Crippen LogP contribution < -0.4 is 0 Å². The number of likely N-dealkylation sites (tertiary alicyclic amines) is 1. The van der Waals surface area contributed by atoms with Crippen LogP contribution in [0.2, 0.25) is 0 Å². The van der Waals surface area contributed by atoms with E-state index in [-0.39, 0.29) is 12.6 Å². The summed E-state index contributed by atoms with van der Waals surface area (Å²) in [6, 6.07) is -0.293. The molecule has 4 nitrogen and oxygen atoms in total. The van der Waals surface area contributed by atoms with Crippen LogP contribution in [0.25, 0.3) is 0 Å². The van der Waals surface area contributed by atoms with Crippen LogP contribution in [0.1, 0.15) is 13.3 Å². The zero-order valence-corrected chi connectivity index (χ0v) is 7.35. The summed E-state index contributed by atoms with van der Waals surface area (Å²) in [5.41, 5.74) is 0. The van der Waals surface area contributed by atoms with Crippen molar-refractivity contribution in [1.82, 2.24) is 4.90 Å². The molecule has 3 N–H and O–H groups in total. The number of hydrogen-bond donors (Lipinski definition) is 3. The number of aliphatic hydroxyl groups excluding tert-OH is 3. The van der Waals surface area contributed by atoms with Gasteiger partial charge in [0.25, 0.3) is 0 Å². The first-order valence-corrected chi connectivity index (χ1v) is 4.41. The average Bonchev–Trinajstić information content (AvgIpc) is 2.09. The van der Waals surface area contributed by atoms with Gasteiger partial charge in [-0.25, -0.2) is 0 Å². The third-order valence-corrected chi connectivity index (χ3v) is 2.56. The molecule has 0 bridgehead atoms. The van der Waals surface area contributed by atoms with E-state index in [2.05, 4.69) is 0 Å². The van der Waals surface area contributed by atoms with Gasteiger partial charge in [-0.3, -0.25) is 4.90 Å². The van der Waals surface area contributed by atoms with Crippen LogP contribution in [0, 0.1) is 0 Å². The smallest absolute Gasteiger partial charge is 0.0976 e. The van der Waals surface area contributed by atoms with Gasteiger partial charge in [0.1, 0.15) is 0 Å². The first-order chi connectivity index (χ1) is 5.70. The largest absolute Gasteiger partial charge is 0.395 e. The SMILES string of the molecule is CCN1CC[C@@H](O)[C@H](O)[C@H]1CO. The third kappa shape index (κ3) is 1.77. The predicted molar refractivity (Wildman–Crippen MR) is 44.8 cm³/mol. The molecule has 0 aliphatic carbocycles. The molecular formula is C8H17NO3. The number of likely N-dealkylation sites (N-methyl/N-ethyl adjacent to an activating group) is 1. The van der Waals surface area contributed by atoms with Gasteiger partial charge in [0.15, 0.2) is 0 Å². The summed E-state index contributed by atoms with van der Waals surface area (Å²) in [7, 11) is 0. The molecule has 0 aromatic heterocycles. The highest BCUT2D eigenvalue weighted by Crippen LogP contribution is 2.17. The molecule has 0 aromatic carbocycles. The van der Waals surface area contributed by atoms with E-state index in [4.69, 9.17) is 5.11 Å². The van der Waals surface area contributed by atoms with Gasteiger partial charge in [0, 0.05) is 6.54 Å². The summed E-state index contributed by atoms with van der Waals surface area (Å²) in [6.07, 6.45) is -0.889. The monoisotopic (exact) mass is 175 g/mol. The summed E-state index contributed by atoms with van der Waals surface area (Å²) in [5.74, 6) is 0. The zero-order valence-electron chi connectivity index (χ0n) is 7.35. The van der Waals surface area contributed by atoms with Crippen molar-refractivity contribution < 1.29 is 15.3 Å². The summed E-state index contributed by atoms with van der Waals surface area (Å²) < 4.78 is 0. The highest BCUT2D eigenvalue weighted by atomic mass is 16.3. The van der Waals surface area contributed by atoms with E-state index in [0.29, 0.717) is 6.42 Å². The van der Waals surface area contributed by atoms with Crippen LogP contribution >= 0.6 is 0 Å². The molecule has 1 aliphatic heterocycles. The molecule has 1 heterocycles. The lowest BCUT2D eigenvalue weighted by Gasteiger charge is -2.39. The van der Waals surface area contributed by atoms with Crippen molar-refractivity contribution >= 4 is 0 Å². The second-order valence-corrected chi connectivity index (χ2v) is 3.23. The zero-order chi connectivity index (χ0) is 9.14. The van der Waals surface area contributed by atoms with Crippen LogP contribution in [0.5, 0.6) is 0 Å². The van der Waals surface area contributed by atoms with E-state index < -0.39 is 12.2 Å². The molecule has 0 unspecified atom stereocenters. The molecule has 0 radical (unpaired) electrons. The predicted octanol–water partition coefficient (Wildman–Crippen LogP) is -1.21. The molecule has 1 fully saturated rings. The number of rotatable bonds is 2. The number of aliphatic hydroxyl groups is 3. The fourth-order valence-corrected chi connectivity index (χ4v) is 1.72. The Labute approximate surface area is 72.4 Å².